The monoisotopic (exact) mass is 409 g/mol. The van der Waals surface area contributed by atoms with E-state index in [0.717, 1.165) is 22.7 Å². The van der Waals surface area contributed by atoms with Crippen LogP contribution in [0.4, 0.5) is 0 Å². The molecule has 1 atom stereocenters. The molecule has 0 bridgehead atoms. The molecule has 0 aliphatic heterocycles. The molecule has 148 valence electrons. The lowest BCUT2D eigenvalue weighted by Crippen LogP contribution is -2.26. The summed E-state index contributed by atoms with van der Waals surface area (Å²) in [5, 5.41) is 3.94. The van der Waals surface area contributed by atoms with Crippen LogP contribution in [0.25, 0.3) is 0 Å². The number of hydrogen-bond acceptors (Lipinski definition) is 5. The number of thiazole rings is 1. The minimum absolute atomic E-state index is 0.155. The van der Waals surface area contributed by atoms with Crippen LogP contribution >= 0.6 is 11.3 Å². The zero-order valence-corrected chi connectivity index (χ0v) is 18.2. The number of sulfonamides is 1. The van der Waals surface area contributed by atoms with E-state index in [1.165, 1.54) is 29.7 Å². The highest BCUT2D eigenvalue weighted by molar-refractivity contribution is 7.89. The van der Waals surface area contributed by atoms with Gasteiger partial charge in [0.15, 0.2) is 0 Å². The highest BCUT2D eigenvalue weighted by Gasteiger charge is 2.20. The molecule has 1 amide bonds. The number of amides is 1. The Balaban J connectivity index is 2.12. The Bertz CT molecular complexity index is 901. The van der Waals surface area contributed by atoms with Crippen LogP contribution in [0.2, 0.25) is 0 Å². The number of carbonyl (C=O) groups excluding carboxylic acids is 1. The minimum atomic E-state index is -3.46. The van der Waals surface area contributed by atoms with E-state index in [4.69, 9.17) is 0 Å². The van der Waals surface area contributed by atoms with Gasteiger partial charge in [0.1, 0.15) is 4.88 Å². The van der Waals surface area contributed by atoms with Gasteiger partial charge in [0, 0.05) is 20.5 Å². The molecule has 2 aromatic rings. The summed E-state index contributed by atoms with van der Waals surface area (Å²) in [6.07, 6.45) is 0.857. The van der Waals surface area contributed by atoms with Crippen molar-refractivity contribution in [1.82, 2.24) is 14.6 Å². The first-order chi connectivity index (χ1) is 12.5. The SMILES string of the molecule is Cc1nc(CC(C)C)sc1C(=O)NC(C)c1ccc(S(=O)(=O)N(C)C)cc1. The normalized spacial score (nSPS) is 13.2. The lowest BCUT2D eigenvalue weighted by Gasteiger charge is -2.16. The average Bonchev–Trinajstić information content (AvgIpc) is 2.94. The smallest absolute Gasteiger partial charge is 0.263 e. The van der Waals surface area contributed by atoms with Gasteiger partial charge in [-0.2, -0.15) is 0 Å². The van der Waals surface area contributed by atoms with E-state index in [1.807, 2.05) is 13.8 Å². The molecular formula is C19H27N3O3S2. The van der Waals surface area contributed by atoms with Crippen molar-refractivity contribution in [2.24, 2.45) is 5.92 Å². The third-order valence-corrected chi connectivity index (χ3v) is 7.14. The van der Waals surface area contributed by atoms with Gasteiger partial charge in [0.2, 0.25) is 10.0 Å². The van der Waals surface area contributed by atoms with Gasteiger partial charge in [0.25, 0.3) is 5.91 Å². The quantitative estimate of drug-likeness (QED) is 0.760. The number of rotatable bonds is 7. The van der Waals surface area contributed by atoms with Crippen molar-refractivity contribution in [3.63, 3.8) is 0 Å². The Hall–Kier alpha value is -1.77. The number of nitrogens with zero attached hydrogens (tertiary/aromatic N) is 2. The molecule has 0 radical (unpaired) electrons. The molecule has 8 heteroatoms. The van der Waals surface area contributed by atoms with Gasteiger partial charge in [-0.05, 0) is 37.5 Å². The molecule has 0 aliphatic carbocycles. The number of aromatic nitrogens is 1. The van der Waals surface area contributed by atoms with Crippen LogP contribution in [0.1, 0.15) is 52.7 Å². The third-order valence-electron chi connectivity index (χ3n) is 4.14. The Kier molecular flexibility index (Phi) is 6.77. The zero-order valence-electron chi connectivity index (χ0n) is 16.6. The molecule has 0 aliphatic rings. The molecule has 1 aromatic carbocycles. The van der Waals surface area contributed by atoms with Crippen molar-refractivity contribution >= 4 is 27.3 Å². The Morgan fingerprint density at radius 2 is 1.78 bits per heavy atom. The summed E-state index contributed by atoms with van der Waals surface area (Å²) in [5.41, 5.74) is 1.58. The molecule has 27 heavy (non-hydrogen) atoms. The van der Waals surface area contributed by atoms with Crippen LogP contribution in [0.5, 0.6) is 0 Å². The van der Waals surface area contributed by atoms with Gasteiger partial charge in [-0.3, -0.25) is 4.79 Å². The summed E-state index contributed by atoms with van der Waals surface area (Å²) in [7, 11) is -0.465. The predicted octanol–water partition coefficient (Wildman–Crippen LogP) is 3.39. The number of aryl methyl sites for hydroxylation is 1. The fraction of sp³-hybridized carbons (Fsp3) is 0.474. The summed E-state index contributed by atoms with van der Waals surface area (Å²) < 4.78 is 25.5. The van der Waals surface area contributed by atoms with Gasteiger partial charge >= 0.3 is 0 Å². The number of benzene rings is 1. The summed E-state index contributed by atoms with van der Waals surface area (Å²) in [6, 6.07) is 6.33. The van der Waals surface area contributed by atoms with Crippen LogP contribution in [0, 0.1) is 12.8 Å². The second-order valence-electron chi connectivity index (χ2n) is 7.17. The van der Waals surface area contributed by atoms with Crippen LogP contribution in [-0.2, 0) is 16.4 Å². The summed E-state index contributed by atoms with van der Waals surface area (Å²) >= 11 is 1.43. The van der Waals surface area contributed by atoms with E-state index in [-0.39, 0.29) is 16.8 Å². The van der Waals surface area contributed by atoms with Crippen molar-refractivity contribution in [1.29, 1.82) is 0 Å². The highest BCUT2D eigenvalue weighted by atomic mass is 32.2. The molecule has 0 spiro atoms. The Labute approximate surface area is 165 Å². The molecule has 1 unspecified atom stereocenters. The van der Waals surface area contributed by atoms with E-state index in [0.29, 0.717) is 10.8 Å². The summed E-state index contributed by atoms with van der Waals surface area (Å²) in [4.78, 5) is 18.0. The van der Waals surface area contributed by atoms with Gasteiger partial charge in [0.05, 0.1) is 21.6 Å². The van der Waals surface area contributed by atoms with Gasteiger partial charge in [-0.25, -0.2) is 17.7 Å². The second-order valence-corrected chi connectivity index (χ2v) is 10.4. The predicted molar refractivity (Wildman–Crippen MR) is 109 cm³/mol. The van der Waals surface area contributed by atoms with Crippen molar-refractivity contribution in [3.8, 4) is 0 Å². The molecule has 6 nitrogen and oxygen atoms in total. The van der Waals surface area contributed by atoms with Crippen molar-refractivity contribution < 1.29 is 13.2 Å². The fourth-order valence-corrected chi connectivity index (χ4v) is 4.67. The van der Waals surface area contributed by atoms with E-state index in [9.17, 15) is 13.2 Å². The van der Waals surface area contributed by atoms with E-state index < -0.39 is 10.0 Å². The van der Waals surface area contributed by atoms with Crippen LogP contribution in [0.3, 0.4) is 0 Å². The third kappa shape index (κ3) is 5.15. The molecule has 1 aromatic heterocycles. The van der Waals surface area contributed by atoms with E-state index in [1.54, 1.807) is 24.3 Å². The first-order valence-electron chi connectivity index (χ1n) is 8.82. The molecule has 1 heterocycles. The summed E-state index contributed by atoms with van der Waals surface area (Å²) in [6.45, 7) is 7.97. The minimum Gasteiger partial charge on any atom is -0.345 e. The van der Waals surface area contributed by atoms with Gasteiger partial charge in [-0.15, -0.1) is 11.3 Å². The largest absolute Gasteiger partial charge is 0.345 e. The van der Waals surface area contributed by atoms with Crippen molar-refractivity contribution in [2.45, 2.75) is 45.1 Å². The van der Waals surface area contributed by atoms with Crippen LogP contribution < -0.4 is 5.32 Å². The van der Waals surface area contributed by atoms with Gasteiger partial charge in [-0.1, -0.05) is 26.0 Å². The zero-order chi connectivity index (χ0) is 20.4. The average molecular weight is 410 g/mol. The Morgan fingerprint density at radius 1 is 1.19 bits per heavy atom. The topological polar surface area (TPSA) is 79.4 Å². The number of nitrogens with one attached hydrogen (secondary N) is 1. The maximum Gasteiger partial charge on any atom is 0.263 e. The van der Waals surface area contributed by atoms with Crippen molar-refractivity contribution in [3.05, 3.63) is 45.4 Å². The molecule has 0 saturated carbocycles. The Morgan fingerprint density at radius 3 is 2.30 bits per heavy atom. The molecule has 0 saturated heterocycles. The first-order valence-corrected chi connectivity index (χ1v) is 11.1. The first kappa shape index (κ1) is 21.5. The molecular weight excluding hydrogens is 382 g/mol. The standard InChI is InChI=1S/C19H27N3O3S2/c1-12(2)11-17-20-14(4)18(26-17)19(23)21-13(3)15-7-9-16(10-8-15)27(24,25)22(5)6/h7-10,12-13H,11H2,1-6H3,(H,21,23). The lowest BCUT2D eigenvalue weighted by atomic mass is 10.1. The van der Waals surface area contributed by atoms with E-state index >= 15 is 0 Å². The number of carbonyl (C=O) groups is 1. The fourth-order valence-electron chi connectivity index (χ4n) is 2.58. The second kappa shape index (κ2) is 8.50. The molecule has 0 fully saturated rings. The van der Waals surface area contributed by atoms with Crippen molar-refractivity contribution in [2.75, 3.05) is 14.1 Å². The lowest BCUT2D eigenvalue weighted by molar-refractivity contribution is 0.0943. The van der Waals surface area contributed by atoms with Crippen LogP contribution in [-0.4, -0.2) is 37.7 Å². The maximum absolute atomic E-state index is 12.6. The van der Waals surface area contributed by atoms with Crippen LogP contribution in [0.15, 0.2) is 29.2 Å². The van der Waals surface area contributed by atoms with E-state index in [2.05, 4.69) is 24.1 Å². The highest BCUT2D eigenvalue weighted by Crippen LogP contribution is 2.23. The number of hydrogen-bond donors (Lipinski definition) is 1. The summed E-state index contributed by atoms with van der Waals surface area (Å²) in [5.74, 6) is 0.333. The molecule has 1 N–H and O–H groups in total. The molecule has 2 rings (SSSR count). The van der Waals surface area contributed by atoms with Gasteiger partial charge < -0.3 is 5.32 Å². The maximum atomic E-state index is 12.6.